The number of fused-ring (bicyclic) bond motifs is 2. The molecule has 0 radical (unpaired) electrons. The number of benzene rings is 2. The molecule has 3 unspecified atom stereocenters. The van der Waals surface area contributed by atoms with Crippen molar-refractivity contribution in [1.29, 1.82) is 0 Å². The second kappa shape index (κ2) is 18.6. The van der Waals surface area contributed by atoms with E-state index in [1.807, 2.05) is 60.8 Å². The van der Waals surface area contributed by atoms with E-state index in [-0.39, 0.29) is 48.5 Å². The van der Waals surface area contributed by atoms with Crippen molar-refractivity contribution < 1.29 is 29.1 Å². The number of carbonyl (C=O) groups excluding carboxylic acids is 5. The molecule has 17 heteroatoms. The lowest BCUT2D eigenvalue weighted by Crippen LogP contribution is -2.58. The summed E-state index contributed by atoms with van der Waals surface area (Å²) in [5, 5.41) is 31.1. The summed E-state index contributed by atoms with van der Waals surface area (Å²) in [6.45, 7) is 12.2. The number of hydrogen-bond acceptors (Lipinski definition) is 12. The average Bonchev–Trinajstić information content (AvgIpc) is 3.98. The summed E-state index contributed by atoms with van der Waals surface area (Å²) >= 11 is 1.42. The van der Waals surface area contributed by atoms with Gasteiger partial charge in [0.1, 0.15) is 11.9 Å². The number of aliphatic hydroxyl groups excluding tert-OH is 1. The molecule has 2 aromatic carbocycles. The van der Waals surface area contributed by atoms with E-state index in [1.54, 1.807) is 0 Å². The molecule has 5 fully saturated rings. The highest BCUT2D eigenvalue weighted by atomic mass is 32.1. The molecule has 69 heavy (non-hydrogen) atoms. The van der Waals surface area contributed by atoms with E-state index < -0.39 is 17.4 Å². The molecule has 6 N–H and O–H groups in total. The standard InChI is InChI=1S/C52H58N10O6S/c1-30(46(65)60-50-58-38-10-4-5-12-42(38)69-50)17-20-54-43-15-13-36(40(27-63)57-43)37-26-56-61(31(37)2)29-51-22-33-21-34(23-51)25-52(24-33,28-51)49(68)55-19-7-6-18-53-39-11-8-9-35-32(3)62(48(67)45(35)39)41-14-16-44(64)59-47(41)66/h4-5,8-13,15,26,33-34,41,53,63H,1,3,6-7,14,16-25,27-29H2,2H3,(H,54,57)(H,55,68)(H,58,60,65)(H,59,64,66). The molecule has 3 aromatic heterocycles. The molecule has 5 heterocycles. The van der Waals surface area contributed by atoms with Crippen LogP contribution in [0.15, 0.2) is 79.5 Å². The van der Waals surface area contributed by atoms with E-state index in [0.717, 1.165) is 78.5 Å². The van der Waals surface area contributed by atoms with Gasteiger partial charge in [0, 0.05) is 71.9 Å². The third kappa shape index (κ3) is 8.93. The normalized spacial score (nSPS) is 23.6. The lowest BCUT2D eigenvalue weighted by Gasteiger charge is -2.61. The van der Waals surface area contributed by atoms with Crippen molar-refractivity contribution in [2.75, 3.05) is 35.6 Å². The molecule has 6 aliphatic rings. The van der Waals surface area contributed by atoms with E-state index in [4.69, 9.17) is 10.1 Å². The van der Waals surface area contributed by atoms with Gasteiger partial charge in [-0.15, -0.1) is 0 Å². The fourth-order valence-corrected chi connectivity index (χ4v) is 13.1. The van der Waals surface area contributed by atoms with Crippen molar-refractivity contribution in [2.45, 2.75) is 96.7 Å². The molecule has 5 amide bonds. The molecule has 4 aliphatic carbocycles. The first-order valence-electron chi connectivity index (χ1n) is 24.1. The Hall–Kier alpha value is -6.72. The highest BCUT2D eigenvalue weighted by Crippen LogP contribution is 2.66. The highest BCUT2D eigenvalue weighted by molar-refractivity contribution is 7.22. The van der Waals surface area contributed by atoms with E-state index in [9.17, 15) is 29.1 Å². The van der Waals surface area contributed by atoms with Crippen LogP contribution in [-0.4, -0.2) is 85.0 Å². The molecule has 0 spiro atoms. The third-order valence-electron chi connectivity index (χ3n) is 15.1. The van der Waals surface area contributed by atoms with Gasteiger partial charge >= 0.3 is 0 Å². The van der Waals surface area contributed by atoms with Gasteiger partial charge in [0.25, 0.3) is 11.8 Å². The molecule has 16 nitrogen and oxygen atoms in total. The predicted molar refractivity (Wildman–Crippen MR) is 265 cm³/mol. The van der Waals surface area contributed by atoms with Gasteiger partial charge in [0.05, 0.1) is 39.7 Å². The van der Waals surface area contributed by atoms with Crippen LogP contribution in [0.5, 0.6) is 0 Å². The van der Waals surface area contributed by atoms with Crippen LogP contribution in [0.1, 0.15) is 97.9 Å². The lowest BCUT2D eigenvalue weighted by atomic mass is 9.44. The average molecular weight is 951 g/mol. The number of para-hydroxylation sites is 1. The Balaban J connectivity index is 0.715. The van der Waals surface area contributed by atoms with Gasteiger partial charge in [-0.2, -0.15) is 5.10 Å². The number of unbranched alkanes of at least 4 members (excludes halogenated alkanes) is 1. The van der Waals surface area contributed by atoms with Crippen LogP contribution in [0.25, 0.3) is 27.0 Å². The van der Waals surface area contributed by atoms with Crippen LogP contribution in [0.2, 0.25) is 0 Å². The van der Waals surface area contributed by atoms with Gasteiger partial charge in [-0.3, -0.25) is 44.2 Å². The quantitative estimate of drug-likeness (QED) is 0.0294. The number of pyridine rings is 1. The Bertz CT molecular complexity index is 2880. The summed E-state index contributed by atoms with van der Waals surface area (Å²) in [6, 6.07) is 16.3. The van der Waals surface area contributed by atoms with Crippen LogP contribution in [0.4, 0.5) is 16.6 Å². The van der Waals surface area contributed by atoms with Gasteiger partial charge in [-0.25, -0.2) is 9.97 Å². The molecular weight excluding hydrogens is 893 g/mol. The number of nitrogens with zero attached hydrogens (tertiary/aromatic N) is 5. The molecule has 4 saturated carbocycles. The Morgan fingerprint density at radius 2 is 1.72 bits per heavy atom. The number of piperidine rings is 1. The number of carbonyl (C=O) groups is 5. The van der Waals surface area contributed by atoms with Gasteiger partial charge in [-0.1, -0.05) is 48.8 Å². The monoisotopic (exact) mass is 950 g/mol. The first-order chi connectivity index (χ1) is 33.3. The van der Waals surface area contributed by atoms with Crippen LogP contribution < -0.4 is 26.6 Å². The van der Waals surface area contributed by atoms with E-state index in [1.165, 1.54) is 22.7 Å². The van der Waals surface area contributed by atoms with Crippen molar-refractivity contribution >= 4 is 73.4 Å². The number of amides is 5. The molecular formula is C52H58N10O6S. The second-order valence-electron chi connectivity index (χ2n) is 19.8. The SMILES string of the molecule is C=C(CCNc1ccc(-c2cnn(CC34CC5CC(C3)CC(C(=O)NCCCCNc3cccc6c3C(=O)N(C3CCC(=O)NC3=O)C6=C)(C5)C4)c2C)c(CO)n1)C(=O)Nc1nc2ccccc2s1. The lowest BCUT2D eigenvalue weighted by molar-refractivity contribution is -0.159. The number of thiazole rings is 1. The number of aliphatic hydroxyl groups is 1. The van der Waals surface area contributed by atoms with Crippen molar-refractivity contribution in [2.24, 2.45) is 22.7 Å². The Morgan fingerprint density at radius 1 is 0.928 bits per heavy atom. The summed E-state index contributed by atoms with van der Waals surface area (Å²) in [6.07, 6.45) is 10.2. The first kappa shape index (κ1) is 46.0. The number of rotatable bonds is 18. The van der Waals surface area contributed by atoms with Crippen LogP contribution >= 0.6 is 11.3 Å². The minimum absolute atomic E-state index is 0.0347. The Morgan fingerprint density at radius 3 is 2.51 bits per heavy atom. The maximum absolute atomic E-state index is 14.2. The van der Waals surface area contributed by atoms with Crippen LogP contribution in [0, 0.1) is 29.6 Å². The number of aromatic nitrogens is 4. The predicted octanol–water partition coefficient (Wildman–Crippen LogP) is 7.18. The smallest absolute Gasteiger partial charge is 0.261 e. The van der Waals surface area contributed by atoms with Gasteiger partial charge < -0.3 is 21.1 Å². The molecule has 5 aromatic rings. The fraction of sp³-hybridized carbons (Fsp3) is 0.423. The summed E-state index contributed by atoms with van der Waals surface area (Å²) in [4.78, 5) is 75.7. The number of nitrogens with one attached hydrogen (secondary N) is 5. The van der Waals surface area contributed by atoms with Crippen molar-refractivity contribution in [3.8, 4) is 11.1 Å². The van der Waals surface area contributed by atoms with Gasteiger partial charge in [0.15, 0.2) is 5.13 Å². The van der Waals surface area contributed by atoms with Gasteiger partial charge in [0.2, 0.25) is 17.7 Å². The second-order valence-corrected chi connectivity index (χ2v) is 20.9. The Kier molecular flexibility index (Phi) is 12.4. The highest BCUT2D eigenvalue weighted by Gasteiger charge is 2.60. The maximum Gasteiger partial charge on any atom is 0.261 e. The minimum atomic E-state index is -0.777. The number of anilines is 3. The van der Waals surface area contributed by atoms with E-state index >= 15 is 0 Å². The first-order valence-corrected chi connectivity index (χ1v) is 24.9. The van der Waals surface area contributed by atoms with Crippen LogP contribution in [-0.2, 0) is 32.3 Å². The molecule has 2 aliphatic heterocycles. The topological polar surface area (TPSA) is 213 Å². The summed E-state index contributed by atoms with van der Waals surface area (Å²) in [7, 11) is 0. The van der Waals surface area contributed by atoms with Crippen molar-refractivity contribution in [1.82, 2.24) is 35.3 Å². The number of hydrogen-bond donors (Lipinski definition) is 6. The molecule has 11 rings (SSSR count). The fourth-order valence-electron chi connectivity index (χ4n) is 12.3. The summed E-state index contributed by atoms with van der Waals surface area (Å²) < 4.78 is 3.09. The van der Waals surface area contributed by atoms with Gasteiger partial charge in [-0.05, 0) is 119 Å². The zero-order valence-corrected chi connectivity index (χ0v) is 39.7. The molecule has 3 atom stereocenters. The summed E-state index contributed by atoms with van der Waals surface area (Å²) in [5.41, 5.74) is 6.35. The maximum atomic E-state index is 14.2. The van der Waals surface area contributed by atoms with E-state index in [0.29, 0.717) is 82.6 Å². The van der Waals surface area contributed by atoms with Crippen molar-refractivity contribution in [3.05, 3.63) is 102 Å². The summed E-state index contributed by atoms with van der Waals surface area (Å²) in [5.74, 6) is 0.354. The molecule has 4 bridgehead atoms. The zero-order valence-electron chi connectivity index (χ0n) is 38.9. The van der Waals surface area contributed by atoms with Crippen molar-refractivity contribution in [3.63, 3.8) is 0 Å². The molecule has 1 saturated heterocycles. The minimum Gasteiger partial charge on any atom is -0.390 e. The van der Waals surface area contributed by atoms with E-state index in [2.05, 4.69) is 56.3 Å². The zero-order chi connectivity index (χ0) is 48.0. The Labute approximate surface area is 404 Å². The largest absolute Gasteiger partial charge is 0.390 e. The molecule has 358 valence electrons. The number of imide groups is 1. The third-order valence-corrected chi connectivity index (χ3v) is 16.0. The van der Waals surface area contributed by atoms with Crippen LogP contribution in [0.3, 0.4) is 0 Å².